The van der Waals surface area contributed by atoms with Crippen molar-refractivity contribution in [1.29, 1.82) is 0 Å². The van der Waals surface area contributed by atoms with Crippen LogP contribution in [0.5, 0.6) is 0 Å². The Kier molecular flexibility index (Phi) is 1.62. The molecule has 11 heavy (non-hydrogen) atoms. The largest absolute Gasteiger partial charge is 0.389 e. The highest BCUT2D eigenvalue weighted by atomic mass is 16.6. The van der Waals surface area contributed by atoms with E-state index in [2.05, 4.69) is 5.32 Å². The molecule has 0 saturated carbocycles. The predicted octanol–water partition coefficient (Wildman–Crippen LogP) is -2.60. The molecule has 64 valence electrons. The zero-order valence-corrected chi connectivity index (χ0v) is 5.84. The highest BCUT2D eigenvalue weighted by Gasteiger charge is 2.48. The summed E-state index contributed by atoms with van der Waals surface area (Å²) < 4.78 is 5.07. The van der Waals surface area contributed by atoms with Crippen molar-refractivity contribution in [2.45, 2.75) is 30.6 Å². The van der Waals surface area contributed by atoms with Gasteiger partial charge >= 0.3 is 0 Å². The van der Waals surface area contributed by atoms with Crippen LogP contribution in [-0.2, 0) is 4.74 Å². The molecule has 2 aliphatic rings. The minimum absolute atomic E-state index is 0.365. The Balaban J connectivity index is 2.16. The van der Waals surface area contributed by atoms with Crippen LogP contribution in [0.25, 0.3) is 0 Å². The molecule has 2 rings (SSSR count). The lowest BCUT2D eigenvalue weighted by atomic mass is 10.1. The molecule has 2 bridgehead atoms. The van der Waals surface area contributed by atoms with E-state index in [9.17, 15) is 15.3 Å². The van der Waals surface area contributed by atoms with Crippen molar-refractivity contribution in [1.82, 2.24) is 5.32 Å². The first-order valence-corrected chi connectivity index (χ1v) is 3.63. The van der Waals surface area contributed by atoms with Crippen LogP contribution in [0.2, 0.25) is 0 Å². The van der Waals surface area contributed by atoms with Gasteiger partial charge in [-0.3, -0.25) is 5.32 Å². The fraction of sp³-hybridized carbons (Fsp3) is 1.00. The van der Waals surface area contributed by atoms with Gasteiger partial charge in [0.15, 0.2) is 0 Å². The van der Waals surface area contributed by atoms with Crippen LogP contribution in [0.15, 0.2) is 0 Å². The number of nitrogens with one attached hydrogen (secondary N) is 1. The third kappa shape index (κ3) is 0.969. The molecule has 0 unspecified atom stereocenters. The maximum Gasteiger partial charge on any atom is 0.137 e. The normalized spacial score (nSPS) is 56.5. The lowest BCUT2D eigenvalue weighted by Gasteiger charge is -2.26. The maximum absolute atomic E-state index is 9.26. The molecule has 0 aromatic rings. The van der Waals surface area contributed by atoms with Crippen LogP contribution < -0.4 is 5.32 Å². The van der Waals surface area contributed by atoms with E-state index in [1.807, 2.05) is 0 Å². The van der Waals surface area contributed by atoms with Crippen LogP contribution in [0.3, 0.4) is 0 Å². The Morgan fingerprint density at radius 2 is 1.91 bits per heavy atom. The van der Waals surface area contributed by atoms with E-state index in [-0.39, 0.29) is 0 Å². The molecular weight excluding hydrogens is 150 g/mol. The summed E-state index contributed by atoms with van der Waals surface area (Å²) in [6.45, 7) is 0.365. The van der Waals surface area contributed by atoms with Crippen molar-refractivity contribution < 1.29 is 20.1 Å². The first-order valence-electron chi connectivity index (χ1n) is 3.63. The number of hydrogen-bond acceptors (Lipinski definition) is 5. The molecule has 2 saturated heterocycles. The van der Waals surface area contributed by atoms with Crippen LogP contribution in [-0.4, -0.2) is 52.5 Å². The third-order valence-corrected chi connectivity index (χ3v) is 2.21. The molecule has 5 heteroatoms. The number of aliphatic hydroxyl groups is 3. The summed E-state index contributed by atoms with van der Waals surface area (Å²) in [4.78, 5) is 0. The SMILES string of the molecule is O[C@@H]1[C@@H](O)[C@H]2NC[C@@H](O)[C@@H]1O2. The highest BCUT2D eigenvalue weighted by Crippen LogP contribution is 2.25. The Bertz CT molecular complexity index is 165. The van der Waals surface area contributed by atoms with E-state index < -0.39 is 30.6 Å². The molecular formula is C6H11NO4. The van der Waals surface area contributed by atoms with Gasteiger partial charge in [0.25, 0.3) is 0 Å². The van der Waals surface area contributed by atoms with Crippen molar-refractivity contribution in [3.05, 3.63) is 0 Å². The number of hydrogen-bond donors (Lipinski definition) is 4. The predicted molar refractivity (Wildman–Crippen MR) is 34.7 cm³/mol. The molecule has 4 N–H and O–H groups in total. The average Bonchev–Trinajstić information content (AvgIpc) is 2.24. The molecule has 5 atom stereocenters. The molecule has 0 aromatic carbocycles. The summed E-state index contributed by atoms with van der Waals surface area (Å²) in [6, 6.07) is 0. The van der Waals surface area contributed by atoms with Crippen LogP contribution >= 0.6 is 0 Å². The average molecular weight is 161 g/mol. The Morgan fingerprint density at radius 1 is 1.18 bits per heavy atom. The fourth-order valence-electron chi connectivity index (χ4n) is 1.54. The molecule has 2 heterocycles. The third-order valence-electron chi connectivity index (χ3n) is 2.21. The molecule has 0 amide bonds. The van der Waals surface area contributed by atoms with Crippen molar-refractivity contribution in [2.24, 2.45) is 0 Å². The van der Waals surface area contributed by atoms with Gasteiger partial charge in [0, 0.05) is 6.54 Å². The second-order valence-corrected chi connectivity index (χ2v) is 2.98. The summed E-state index contributed by atoms with van der Waals surface area (Å²) in [7, 11) is 0. The highest BCUT2D eigenvalue weighted by molar-refractivity contribution is 4.97. The van der Waals surface area contributed by atoms with Crippen molar-refractivity contribution in [3.8, 4) is 0 Å². The molecule has 0 aromatic heterocycles. The van der Waals surface area contributed by atoms with Crippen molar-refractivity contribution >= 4 is 0 Å². The molecule has 5 nitrogen and oxygen atoms in total. The van der Waals surface area contributed by atoms with Crippen molar-refractivity contribution in [2.75, 3.05) is 6.54 Å². The number of aliphatic hydroxyl groups excluding tert-OH is 3. The number of rotatable bonds is 0. The van der Waals surface area contributed by atoms with Gasteiger partial charge in [-0.1, -0.05) is 0 Å². The topological polar surface area (TPSA) is 82.0 Å². The van der Waals surface area contributed by atoms with E-state index in [1.54, 1.807) is 0 Å². The van der Waals surface area contributed by atoms with Crippen LogP contribution in [0, 0.1) is 0 Å². The zero-order chi connectivity index (χ0) is 8.01. The van der Waals surface area contributed by atoms with E-state index in [1.165, 1.54) is 0 Å². The lowest BCUT2D eigenvalue weighted by molar-refractivity contribution is -0.103. The fourth-order valence-corrected chi connectivity index (χ4v) is 1.54. The summed E-state index contributed by atoms with van der Waals surface area (Å²) in [5.41, 5.74) is 0. The second-order valence-electron chi connectivity index (χ2n) is 2.98. The minimum atomic E-state index is -0.968. The quantitative estimate of drug-likeness (QED) is 0.313. The van der Waals surface area contributed by atoms with E-state index in [0.717, 1.165) is 0 Å². The Hall–Kier alpha value is -0.200. The van der Waals surface area contributed by atoms with E-state index in [0.29, 0.717) is 6.54 Å². The molecule has 2 fully saturated rings. The minimum Gasteiger partial charge on any atom is -0.389 e. The monoisotopic (exact) mass is 161 g/mol. The summed E-state index contributed by atoms with van der Waals surface area (Å²) in [5, 5.41) is 30.5. The van der Waals surface area contributed by atoms with Gasteiger partial charge in [-0.05, 0) is 0 Å². The zero-order valence-electron chi connectivity index (χ0n) is 5.84. The second kappa shape index (κ2) is 2.40. The smallest absolute Gasteiger partial charge is 0.137 e. The molecule has 0 aliphatic carbocycles. The van der Waals surface area contributed by atoms with Gasteiger partial charge in [0.05, 0.1) is 6.10 Å². The lowest BCUT2D eigenvalue weighted by Crippen LogP contribution is -2.48. The van der Waals surface area contributed by atoms with Crippen LogP contribution in [0.4, 0.5) is 0 Å². The van der Waals surface area contributed by atoms with Crippen molar-refractivity contribution in [3.63, 3.8) is 0 Å². The van der Waals surface area contributed by atoms with E-state index in [4.69, 9.17) is 4.74 Å². The molecule has 0 radical (unpaired) electrons. The summed E-state index contributed by atoms with van der Waals surface area (Å²) >= 11 is 0. The standard InChI is InChI=1S/C6H11NO4/c8-2-1-7-6-4(10)3(9)5(2)11-6/h2-10H,1H2/t2-,3-,4-,5+,6+/m1/s1. The van der Waals surface area contributed by atoms with Gasteiger partial charge < -0.3 is 20.1 Å². The van der Waals surface area contributed by atoms with Gasteiger partial charge in [0.1, 0.15) is 24.5 Å². The van der Waals surface area contributed by atoms with Crippen LogP contribution in [0.1, 0.15) is 0 Å². The van der Waals surface area contributed by atoms with E-state index >= 15 is 0 Å². The maximum atomic E-state index is 9.26. The molecule has 2 aliphatic heterocycles. The van der Waals surface area contributed by atoms with Gasteiger partial charge in [-0.25, -0.2) is 0 Å². The summed E-state index contributed by atoms with van der Waals surface area (Å²) in [5.74, 6) is 0. The Labute approximate surface area is 63.6 Å². The van der Waals surface area contributed by atoms with Gasteiger partial charge in [-0.2, -0.15) is 0 Å². The first kappa shape index (κ1) is 7.45. The summed E-state index contributed by atoms with van der Waals surface area (Å²) in [6.07, 6.45) is -3.75. The van der Waals surface area contributed by atoms with Gasteiger partial charge in [-0.15, -0.1) is 0 Å². The van der Waals surface area contributed by atoms with Gasteiger partial charge in [0.2, 0.25) is 0 Å². The molecule has 0 spiro atoms. The number of β-amino-alcohol motifs (C(OH)–C–C–N with tert-alkyl or cyclic N) is 1. The first-order chi connectivity index (χ1) is 5.20. The number of ether oxygens (including phenoxy) is 1. The Morgan fingerprint density at radius 3 is 2.55 bits per heavy atom. The number of fused-ring (bicyclic) bond motifs is 2.